The average Bonchev–Trinajstić information content (AvgIpc) is 2.31. The number of nitrogens with two attached hydrogens (primary N) is 1. The van der Waals surface area contributed by atoms with E-state index in [4.69, 9.17) is 10.6 Å². The van der Waals surface area contributed by atoms with Crippen molar-refractivity contribution in [1.82, 2.24) is 5.43 Å². The number of nitrogens with one attached hydrogen (secondary N) is 2. The van der Waals surface area contributed by atoms with Gasteiger partial charge in [-0.05, 0) is 38.1 Å². The third kappa shape index (κ3) is 3.43. The lowest BCUT2D eigenvalue weighted by molar-refractivity contribution is -0.121. The van der Waals surface area contributed by atoms with Gasteiger partial charge in [0.25, 0.3) is 5.91 Å². The maximum absolute atomic E-state index is 11.2. The normalized spacial score (nSPS) is 11.7. The first-order valence-electron chi connectivity index (χ1n) is 5.17. The minimum Gasteiger partial charge on any atom is -0.494 e. The summed E-state index contributed by atoms with van der Waals surface area (Å²) in [6.07, 6.45) is 0. The Morgan fingerprint density at radius 3 is 2.56 bits per heavy atom. The highest BCUT2D eigenvalue weighted by Crippen LogP contribution is 2.16. The largest absolute Gasteiger partial charge is 0.494 e. The summed E-state index contributed by atoms with van der Waals surface area (Å²) in [7, 11) is 0. The lowest BCUT2D eigenvalue weighted by Crippen LogP contribution is -2.41. The van der Waals surface area contributed by atoms with Crippen LogP contribution in [0.3, 0.4) is 0 Å². The van der Waals surface area contributed by atoms with Crippen LogP contribution in [0, 0.1) is 0 Å². The molecule has 0 radical (unpaired) electrons. The van der Waals surface area contributed by atoms with Crippen LogP contribution in [0.2, 0.25) is 0 Å². The van der Waals surface area contributed by atoms with Crippen LogP contribution in [-0.2, 0) is 4.79 Å². The molecule has 0 heterocycles. The summed E-state index contributed by atoms with van der Waals surface area (Å²) >= 11 is 0. The second-order valence-electron chi connectivity index (χ2n) is 3.33. The van der Waals surface area contributed by atoms with E-state index in [1.54, 1.807) is 6.92 Å². The Kier molecular flexibility index (Phi) is 4.60. The van der Waals surface area contributed by atoms with E-state index in [0.717, 1.165) is 11.4 Å². The van der Waals surface area contributed by atoms with Crippen LogP contribution in [0.5, 0.6) is 5.75 Å². The topological polar surface area (TPSA) is 76.4 Å². The van der Waals surface area contributed by atoms with Crippen molar-refractivity contribution in [3.05, 3.63) is 24.3 Å². The molecule has 0 aliphatic carbocycles. The van der Waals surface area contributed by atoms with Gasteiger partial charge in [0.2, 0.25) is 0 Å². The molecule has 1 rings (SSSR count). The molecular weight excluding hydrogens is 206 g/mol. The van der Waals surface area contributed by atoms with Crippen molar-refractivity contribution in [3.8, 4) is 5.75 Å². The van der Waals surface area contributed by atoms with Crippen molar-refractivity contribution in [3.63, 3.8) is 0 Å². The standard InChI is InChI=1S/C11H17N3O2/c1-3-16-10-6-4-9(5-7-10)13-8(2)11(15)14-12/h4-8,13H,3,12H2,1-2H3,(H,14,15). The molecule has 4 N–H and O–H groups in total. The molecule has 0 saturated heterocycles. The lowest BCUT2D eigenvalue weighted by Gasteiger charge is -2.13. The third-order valence-electron chi connectivity index (χ3n) is 2.08. The molecular formula is C11H17N3O2. The number of amides is 1. The Hall–Kier alpha value is -1.75. The number of carbonyl (C=O) groups is 1. The first kappa shape index (κ1) is 12.3. The molecule has 1 unspecified atom stereocenters. The first-order chi connectivity index (χ1) is 7.67. The molecule has 0 aliphatic heterocycles. The van der Waals surface area contributed by atoms with Crippen LogP contribution < -0.4 is 21.3 Å². The highest BCUT2D eigenvalue weighted by Gasteiger charge is 2.10. The van der Waals surface area contributed by atoms with Gasteiger partial charge < -0.3 is 10.1 Å². The van der Waals surface area contributed by atoms with Crippen molar-refractivity contribution in [2.75, 3.05) is 11.9 Å². The molecule has 0 aromatic heterocycles. The van der Waals surface area contributed by atoms with Gasteiger partial charge in [0, 0.05) is 5.69 Å². The number of hydrazine groups is 1. The van der Waals surface area contributed by atoms with Gasteiger partial charge in [-0.1, -0.05) is 0 Å². The van der Waals surface area contributed by atoms with Gasteiger partial charge >= 0.3 is 0 Å². The first-order valence-corrected chi connectivity index (χ1v) is 5.17. The average molecular weight is 223 g/mol. The maximum Gasteiger partial charge on any atom is 0.256 e. The summed E-state index contributed by atoms with van der Waals surface area (Å²) in [6, 6.07) is 7.02. The Morgan fingerprint density at radius 1 is 1.44 bits per heavy atom. The van der Waals surface area contributed by atoms with Crippen molar-refractivity contribution < 1.29 is 9.53 Å². The third-order valence-corrected chi connectivity index (χ3v) is 2.08. The van der Waals surface area contributed by atoms with Gasteiger partial charge in [0.05, 0.1) is 6.61 Å². The minimum atomic E-state index is -0.372. The van der Waals surface area contributed by atoms with Gasteiger partial charge in [0.15, 0.2) is 0 Å². The van der Waals surface area contributed by atoms with E-state index in [1.165, 1.54) is 0 Å². The maximum atomic E-state index is 11.2. The molecule has 1 amide bonds. The highest BCUT2D eigenvalue weighted by molar-refractivity contribution is 5.83. The molecule has 5 heteroatoms. The molecule has 88 valence electrons. The summed E-state index contributed by atoms with van der Waals surface area (Å²) in [5.74, 6) is 5.58. The van der Waals surface area contributed by atoms with Crippen molar-refractivity contribution in [2.24, 2.45) is 5.84 Å². The number of hydrogen-bond donors (Lipinski definition) is 3. The number of ether oxygens (including phenoxy) is 1. The second kappa shape index (κ2) is 5.97. The summed E-state index contributed by atoms with van der Waals surface area (Å²) in [5, 5.41) is 3.01. The van der Waals surface area contributed by atoms with Gasteiger partial charge in [-0.25, -0.2) is 5.84 Å². The van der Waals surface area contributed by atoms with Crippen LogP contribution >= 0.6 is 0 Å². The lowest BCUT2D eigenvalue weighted by atomic mass is 10.2. The summed E-state index contributed by atoms with van der Waals surface area (Å²) < 4.78 is 5.31. The van der Waals surface area contributed by atoms with E-state index >= 15 is 0 Å². The van der Waals surface area contributed by atoms with Crippen molar-refractivity contribution in [1.29, 1.82) is 0 Å². The number of carbonyl (C=O) groups excluding carboxylic acids is 1. The molecule has 0 saturated carbocycles. The monoisotopic (exact) mass is 223 g/mol. The number of benzene rings is 1. The highest BCUT2D eigenvalue weighted by atomic mass is 16.5. The molecule has 16 heavy (non-hydrogen) atoms. The van der Waals surface area contributed by atoms with E-state index in [9.17, 15) is 4.79 Å². The van der Waals surface area contributed by atoms with Gasteiger partial charge in [0.1, 0.15) is 11.8 Å². The van der Waals surface area contributed by atoms with Crippen LogP contribution in [-0.4, -0.2) is 18.6 Å². The minimum absolute atomic E-state index is 0.256. The Balaban J connectivity index is 2.58. The molecule has 0 fully saturated rings. The van der Waals surface area contributed by atoms with E-state index < -0.39 is 0 Å². The zero-order valence-electron chi connectivity index (χ0n) is 9.49. The van der Waals surface area contributed by atoms with Crippen LogP contribution in [0.1, 0.15) is 13.8 Å². The smallest absolute Gasteiger partial charge is 0.256 e. The molecule has 5 nitrogen and oxygen atoms in total. The van der Waals surface area contributed by atoms with E-state index in [1.807, 2.05) is 31.2 Å². The van der Waals surface area contributed by atoms with Gasteiger partial charge in [-0.3, -0.25) is 10.2 Å². The quantitative estimate of drug-likeness (QED) is 0.393. The van der Waals surface area contributed by atoms with E-state index in [0.29, 0.717) is 6.61 Å². The predicted octanol–water partition coefficient (Wildman–Crippen LogP) is 0.876. The summed E-state index contributed by atoms with van der Waals surface area (Å²) in [6.45, 7) is 4.30. The fourth-order valence-electron chi connectivity index (χ4n) is 1.25. The molecule has 0 bridgehead atoms. The predicted molar refractivity (Wildman–Crippen MR) is 63.0 cm³/mol. The van der Waals surface area contributed by atoms with Gasteiger partial charge in [-0.2, -0.15) is 0 Å². The van der Waals surface area contributed by atoms with Crippen molar-refractivity contribution in [2.45, 2.75) is 19.9 Å². The van der Waals surface area contributed by atoms with Crippen LogP contribution in [0.25, 0.3) is 0 Å². The second-order valence-corrected chi connectivity index (χ2v) is 3.33. The Labute approximate surface area is 94.9 Å². The SMILES string of the molecule is CCOc1ccc(NC(C)C(=O)NN)cc1. The molecule has 0 aliphatic rings. The van der Waals surface area contributed by atoms with Crippen LogP contribution in [0.4, 0.5) is 5.69 Å². The van der Waals surface area contributed by atoms with Gasteiger partial charge in [-0.15, -0.1) is 0 Å². The summed E-state index contributed by atoms with van der Waals surface area (Å²) in [5.41, 5.74) is 2.94. The Bertz CT molecular complexity index is 338. The number of anilines is 1. The van der Waals surface area contributed by atoms with Crippen LogP contribution in [0.15, 0.2) is 24.3 Å². The van der Waals surface area contributed by atoms with E-state index in [-0.39, 0.29) is 11.9 Å². The molecule has 0 spiro atoms. The fourth-order valence-corrected chi connectivity index (χ4v) is 1.25. The number of hydrogen-bond acceptors (Lipinski definition) is 4. The number of rotatable bonds is 5. The zero-order chi connectivity index (χ0) is 12.0. The Morgan fingerprint density at radius 2 is 2.06 bits per heavy atom. The zero-order valence-corrected chi connectivity index (χ0v) is 9.49. The fraction of sp³-hybridized carbons (Fsp3) is 0.364. The molecule has 1 aromatic rings. The molecule has 1 atom stereocenters. The summed E-state index contributed by atoms with van der Waals surface area (Å²) in [4.78, 5) is 11.2. The molecule has 1 aromatic carbocycles. The van der Waals surface area contributed by atoms with Crippen molar-refractivity contribution >= 4 is 11.6 Å². The van der Waals surface area contributed by atoms with E-state index in [2.05, 4.69) is 10.7 Å².